The van der Waals surface area contributed by atoms with Crippen LogP contribution in [0, 0.1) is 0 Å². The molecule has 0 radical (unpaired) electrons. The molecule has 1 heterocycles. The molecule has 0 amide bonds. The minimum atomic E-state index is -3.46. The summed E-state index contributed by atoms with van der Waals surface area (Å²) in [6, 6.07) is 6.47. The summed E-state index contributed by atoms with van der Waals surface area (Å²) < 4.78 is 27.6. The van der Waals surface area contributed by atoms with Crippen LogP contribution in [-0.4, -0.2) is 31.8 Å². The SMILES string of the molecule is CNS(=O)(=O)c1ccc(N)c(NCCCn2cccn2)c1. The van der Waals surface area contributed by atoms with Crippen molar-refractivity contribution in [2.75, 3.05) is 24.6 Å². The third-order valence-electron chi connectivity index (χ3n) is 3.04. The molecule has 0 fully saturated rings. The van der Waals surface area contributed by atoms with Gasteiger partial charge in [0.15, 0.2) is 0 Å². The molecule has 0 unspecified atom stereocenters. The Labute approximate surface area is 124 Å². The fourth-order valence-corrected chi connectivity index (χ4v) is 2.63. The zero-order chi connectivity index (χ0) is 15.3. The molecule has 0 aliphatic heterocycles. The van der Waals surface area contributed by atoms with Gasteiger partial charge in [-0.2, -0.15) is 5.10 Å². The number of nitrogens with zero attached hydrogens (tertiary/aromatic N) is 2. The molecule has 7 nitrogen and oxygen atoms in total. The van der Waals surface area contributed by atoms with Crippen LogP contribution in [0.2, 0.25) is 0 Å². The van der Waals surface area contributed by atoms with Crippen LogP contribution < -0.4 is 15.8 Å². The lowest BCUT2D eigenvalue weighted by Gasteiger charge is -2.11. The van der Waals surface area contributed by atoms with Crippen molar-refractivity contribution in [1.29, 1.82) is 0 Å². The molecule has 0 aliphatic carbocycles. The number of aromatic nitrogens is 2. The van der Waals surface area contributed by atoms with Crippen LogP contribution in [-0.2, 0) is 16.6 Å². The van der Waals surface area contributed by atoms with E-state index in [0.717, 1.165) is 13.0 Å². The Balaban J connectivity index is 1.97. The van der Waals surface area contributed by atoms with Crippen LogP contribution in [0.25, 0.3) is 0 Å². The van der Waals surface area contributed by atoms with Gasteiger partial charge in [-0.15, -0.1) is 0 Å². The molecule has 0 atom stereocenters. The van der Waals surface area contributed by atoms with Crippen molar-refractivity contribution < 1.29 is 8.42 Å². The van der Waals surface area contributed by atoms with E-state index in [1.54, 1.807) is 12.3 Å². The number of nitrogen functional groups attached to an aromatic ring is 1. The Hall–Kier alpha value is -2.06. The van der Waals surface area contributed by atoms with E-state index in [9.17, 15) is 8.42 Å². The summed E-state index contributed by atoms with van der Waals surface area (Å²) in [7, 11) is -2.09. The molecule has 2 aromatic rings. The predicted molar refractivity (Wildman–Crippen MR) is 82.4 cm³/mol. The summed E-state index contributed by atoms with van der Waals surface area (Å²) >= 11 is 0. The van der Waals surface area contributed by atoms with Crippen molar-refractivity contribution in [3.8, 4) is 0 Å². The number of hydrogen-bond donors (Lipinski definition) is 3. The number of aryl methyl sites for hydroxylation is 1. The van der Waals surface area contributed by atoms with Gasteiger partial charge in [0.25, 0.3) is 0 Å². The summed E-state index contributed by atoms with van der Waals surface area (Å²) in [5, 5.41) is 7.27. The van der Waals surface area contributed by atoms with Crippen molar-refractivity contribution in [2.24, 2.45) is 0 Å². The number of rotatable bonds is 7. The van der Waals surface area contributed by atoms with E-state index in [4.69, 9.17) is 5.73 Å². The largest absolute Gasteiger partial charge is 0.397 e. The van der Waals surface area contributed by atoms with E-state index in [1.807, 2.05) is 16.9 Å². The van der Waals surface area contributed by atoms with Gasteiger partial charge in [-0.3, -0.25) is 4.68 Å². The molecule has 2 rings (SSSR count). The zero-order valence-electron chi connectivity index (χ0n) is 11.8. The first kappa shape index (κ1) is 15.3. The van der Waals surface area contributed by atoms with Crippen LogP contribution in [0.5, 0.6) is 0 Å². The summed E-state index contributed by atoms with van der Waals surface area (Å²) in [4.78, 5) is 0.189. The molecule has 0 saturated carbocycles. The van der Waals surface area contributed by atoms with Gasteiger partial charge in [0, 0.05) is 25.5 Å². The van der Waals surface area contributed by atoms with Crippen molar-refractivity contribution in [2.45, 2.75) is 17.9 Å². The zero-order valence-corrected chi connectivity index (χ0v) is 12.6. The van der Waals surface area contributed by atoms with E-state index < -0.39 is 10.0 Å². The highest BCUT2D eigenvalue weighted by Crippen LogP contribution is 2.22. The van der Waals surface area contributed by atoms with Gasteiger partial charge in [-0.05, 0) is 37.7 Å². The Morgan fingerprint density at radius 3 is 2.86 bits per heavy atom. The molecule has 0 bridgehead atoms. The normalized spacial score (nSPS) is 11.5. The van der Waals surface area contributed by atoms with Gasteiger partial charge < -0.3 is 11.1 Å². The molecular formula is C13H19N5O2S. The number of hydrogen-bond acceptors (Lipinski definition) is 5. The predicted octanol–water partition coefficient (Wildman–Crippen LogP) is 0.876. The molecule has 8 heteroatoms. The highest BCUT2D eigenvalue weighted by molar-refractivity contribution is 7.89. The third-order valence-corrected chi connectivity index (χ3v) is 4.45. The quantitative estimate of drug-likeness (QED) is 0.520. The number of nitrogens with one attached hydrogen (secondary N) is 2. The Bertz CT molecular complexity index is 683. The van der Waals surface area contributed by atoms with E-state index in [-0.39, 0.29) is 4.90 Å². The molecule has 114 valence electrons. The van der Waals surface area contributed by atoms with Gasteiger partial charge in [-0.25, -0.2) is 13.1 Å². The van der Waals surface area contributed by atoms with E-state index in [0.29, 0.717) is 17.9 Å². The molecule has 0 aliphatic rings. The fourth-order valence-electron chi connectivity index (χ4n) is 1.87. The van der Waals surface area contributed by atoms with Crippen molar-refractivity contribution in [1.82, 2.24) is 14.5 Å². The maximum atomic E-state index is 11.8. The summed E-state index contributed by atoms with van der Waals surface area (Å²) in [5.74, 6) is 0. The van der Waals surface area contributed by atoms with Crippen LogP contribution >= 0.6 is 0 Å². The molecule has 21 heavy (non-hydrogen) atoms. The van der Waals surface area contributed by atoms with E-state index >= 15 is 0 Å². The lowest BCUT2D eigenvalue weighted by atomic mass is 10.2. The van der Waals surface area contributed by atoms with E-state index in [2.05, 4.69) is 15.1 Å². The van der Waals surface area contributed by atoms with Gasteiger partial charge in [0.1, 0.15) is 0 Å². The minimum absolute atomic E-state index is 0.189. The fraction of sp³-hybridized carbons (Fsp3) is 0.308. The second-order valence-corrected chi connectivity index (χ2v) is 6.39. The molecule has 0 spiro atoms. The average Bonchev–Trinajstić information content (AvgIpc) is 2.98. The molecular weight excluding hydrogens is 290 g/mol. The van der Waals surface area contributed by atoms with Crippen molar-refractivity contribution >= 4 is 21.4 Å². The monoisotopic (exact) mass is 309 g/mol. The van der Waals surface area contributed by atoms with Crippen LogP contribution in [0.1, 0.15) is 6.42 Å². The molecule has 1 aromatic heterocycles. The number of sulfonamides is 1. The maximum absolute atomic E-state index is 11.8. The first-order valence-electron chi connectivity index (χ1n) is 6.57. The second kappa shape index (κ2) is 6.59. The van der Waals surface area contributed by atoms with Crippen LogP contribution in [0.3, 0.4) is 0 Å². The average molecular weight is 309 g/mol. The standard InChI is InChI=1S/C13H19N5O2S/c1-15-21(19,20)11-4-5-12(14)13(10-11)16-6-2-8-18-9-3-7-17-18/h3-5,7,9-10,15-16H,2,6,8,14H2,1H3. The van der Waals surface area contributed by atoms with Gasteiger partial charge in [0.05, 0.1) is 16.3 Å². The smallest absolute Gasteiger partial charge is 0.240 e. The van der Waals surface area contributed by atoms with Crippen molar-refractivity contribution in [3.05, 3.63) is 36.7 Å². The van der Waals surface area contributed by atoms with Gasteiger partial charge in [-0.1, -0.05) is 0 Å². The maximum Gasteiger partial charge on any atom is 0.240 e. The van der Waals surface area contributed by atoms with Crippen LogP contribution in [0.15, 0.2) is 41.6 Å². The highest BCUT2D eigenvalue weighted by atomic mass is 32.2. The Kier molecular flexibility index (Phi) is 4.81. The molecule has 1 aromatic carbocycles. The van der Waals surface area contributed by atoms with E-state index in [1.165, 1.54) is 19.2 Å². The second-order valence-electron chi connectivity index (χ2n) is 4.51. The lowest BCUT2D eigenvalue weighted by molar-refractivity contribution is 0.588. The topological polar surface area (TPSA) is 102 Å². The molecule has 4 N–H and O–H groups in total. The Morgan fingerprint density at radius 1 is 1.38 bits per heavy atom. The van der Waals surface area contributed by atoms with Gasteiger partial charge in [0.2, 0.25) is 10.0 Å². The summed E-state index contributed by atoms with van der Waals surface area (Å²) in [6.45, 7) is 1.46. The number of anilines is 2. The number of benzene rings is 1. The minimum Gasteiger partial charge on any atom is -0.397 e. The molecule has 0 saturated heterocycles. The van der Waals surface area contributed by atoms with Crippen molar-refractivity contribution in [3.63, 3.8) is 0 Å². The Morgan fingerprint density at radius 2 is 2.19 bits per heavy atom. The highest BCUT2D eigenvalue weighted by Gasteiger charge is 2.12. The lowest BCUT2D eigenvalue weighted by Crippen LogP contribution is -2.19. The number of nitrogens with two attached hydrogens (primary N) is 1. The third kappa shape index (κ3) is 3.96. The first-order valence-corrected chi connectivity index (χ1v) is 8.05. The summed E-state index contributed by atoms with van der Waals surface area (Å²) in [6.07, 6.45) is 4.48. The summed E-state index contributed by atoms with van der Waals surface area (Å²) in [5.41, 5.74) is 6.99. The van der Waals surface area contributed by atoms with Gasteiger partial charge >= 0.3 is 0 Å². The van der Waals surface area contributed by atoms with Crippen LogP contribution in [0.4, 0.5) is 11.4 Å². The first-order chi connectivity index (χ1) is 10.0.